The smallest absolute Gasteiger partial charge is 0.325 e. The van der Waals surface area contributed by atoms with Gasteiger partial charge in [-0.05, 0) is 115 Å². The van der Waals surface area contributed by atoms with Gasteiger partial charge in [-0.15, -0.1) is 0 Å². The van der Waals surface area contributed by atoms with E-state index < -0.39 is 24.7 Å². The molecule has 1 aromatic rings. The van der Waals surface area contributed by atoms with Gasteiger partial charge in [-0.2, -0.15) is 11.8 Å². The minimum Gasteiger partial charge on any atom is -0.426 e. The van der Waals surface area contributed by atoms with E-state index in [4.69, 9.17) is 10.5 Å². The van der Waals surface area contributed by atoms with Gasteiger partial charge in [0.1, 0.15) is 5.75 Å². The molecule has 0 radical (unpaired) electrons. The summed E-state index contributed by atoms with van der Waals surface area (Å²) in [5, 5.41) is 11.0. The van der Waals surface area contributed by atoms with Crippen molar-refractivity contribution in [3.05, 3.63) is 29.3 Å². The number of hydrogen-bond acceptors (Lipinski definition) is 5. The fraction of sp³-hybridized carbons (Fsp3) is 0.811. The Morgan fingerprint density at radius 3 is 2.35 bits per heavy atom. The van der Waals surface area contributed by atoms with Crippen LogP contribution in [0, 0.1) is 28.6 Å². The van der Waals surface area contributed by atoms with Crippen molar-refractivity contribution in [2.75, 3.05) is 12.3 Å². The molecule has 46 heavy (non-hydrogen) atoms. The normalized spacial score (nSPS) is 27.3. The Balaban J connectivity index is 0.00000177. The summed E-state index contributed by atoms with van der Waals surface area (Å²) in [6.45, 7) is 18.8. The van der Waals surface area contributed by atoms with Crippen LogP contribution in [0.15, 0.2) is 18.2 Å². The Morgan fingerprint density at radius 1 is 1.09 bits per heavy atom. The maximum absolute atomic E-state index is 13.4. The minimum absolute atomic E-state index is 0.0460. The number of benzene rings is 1. The van der Waals surface area contributed by atoms with E-state index in [0.717, 1.165) is 44.9 Å². The zero-order chi connectivity index (χ0) is 35.1. The molecule has 4 nitrogen and oxygen atoms in total. The van der Waals surface area contributed by atoms with Crippen LogP contribution in [0.4, 0.5) is 17.6 Å². The molecule has 2 saturated carbocycles. The predicted molar refractivity (Wildman–Crippen MR) is 183 cm³/mol. The number of alkyl halides is 4. The molecule has 0 aliphatic heterocycles. The second-order valence-corrected chi connectivity index (χ2v) is 16.1. The molecular weight excluding hydrogens is 614 g/mol. The summed E-state index contributed by atoms with van der Waals surface area (Å²) in [4.78, 5) is 11.9. The number of carbonyl (C=O) groups excluding carboxylic acids is 1. The average molecular weight is 676 g/mol. The number of aliphatic hydroxyl groups excluding tert-OH is 1. The predicted octanol–water partition coefficient (Wildman–Crippen LogP) is 10.0. The van der Waals surface area contributed by atoms with Crippen LogP contribution in [0.1, 0.15) is 131 Å². The number of esters is 1. The molecule has 2 fully saturated rings. The van der Waals surface area contributed by atoms with E-state index in [1.165, 1.54) is 11.1 Å². The molecule has 0 spiro atoms. The molecule has 6 atom stereocenters. The molecule has 3 aliphatic rings. The summed E-state index contributed by atoms with van der Waals surface area (Å²) in [5.41, 5.74) is 7.81. The van der Waals surface area contributed by atoms with Crippen molar-refractivity contribution in [2.24, 2.45) is 34.3 Å². The molecule has 4 rings (SSSR count). The lowest BCUT2D eigenvalue weighted by molar-refractivity contribution is -0.133. The first-order valence-electron chi connectivity index (χ1n) is 17.5. The highest BCUT2D eigenvalue weighted by atomic mass is 32.2. The number of fused-ring (bicyclic) bond motifs is 5. The topological polar surface area (TPSA) is 72.5 Å². The molecule has 3 N–H and O–H groups in total. The summed E-state index contributed by atoms with van der Waals surface area (Å²) in [6, 6.07) is 6.00. The highest BCUT2D eigenvalue weighted by molar-refractivity contribution is 8.00. The van der Waals surface area contributed by atoms with Crippen molar-refractivity contribution in [3.63, 3.8) is 0 Å². The Kier molecular flexibility index (Phi) is 15.0. The van der Waals surface area contributed by atoms with E-state index in [2.05, 4.69) is 40.7 Å². The van der Waals surface area contributed by atoms with Gasteiger partial charge >= 0.3 is 18.3 Å². The molecule has 0 saturated heterocycles. The molecule has 0 bridgehead atoms. The molecule has 0 aromatic heterocycles. The van der Waals surface area contributed by atoms with Crippen LogP contribution in [0.2, 0.25) is 0 Å². The van der Waals surface area contributed by atoms with Crippen LogP contribution in [-0.2, 0) is 11.2 Å². The second kappa shape index (κ2) is 16.9. The maximum atomic E-state index is 13.4. The first-order chi connectivity index (χ1) is 21.5. The van der Waals surface area contributed by atoms with Crippen LogP contribution in [-0.4, -0.2) is 46.6 Å². The van der Waals surface area contributed by atoms with Gasteiger partial charge in [0.15, 0.2) is 0 Å². The van der Waals surface area contributed by atoms with E-state index in [1.54, 1.807) is 11.8 Å². The van der Waals surface area contributed by atoms with Crippen molar-refractivity contribution >= 4 is 17.7 Å². The summed E-state index contributed by atoms with van der Waals surface area (Å²) in [7, 11) is 0. The maximum Gasteiger partial charge on any atom is 0.325 e. The van der Waals surface area contributed by atoms with Crippen LogP contribution < -0.4 is 10.5 Å². The quantitative estimate of drug-likeness (QED) is 0.0999. The van der Waals surface area contributed by atoms with Gasteiger partial charge in [-0.25, -0.2) is 17.6 Å². The fourth-order valence-electron chi connectivity index (χ4n) is 8.04. The summed E-state index contributed by atoms with van der Waals surface area (Å²) in [5.74, 6) is -1.79. The number of halogens is 4. The van der Waals surface area contributed by atoms with Gasteiger partial charge in [-0.1, -0.05) is 68.4 Å². The number of nitrogens with two attached hydrogens (primary N) is 1. The SMILES string of the molecule is CC.CC.CC12CCC3c4ccc(OC(=O)CN)cc4C[C@@H](CCC(C)(C)C(C)(C)SCCCC(F)(F)C(F)F)C3C1CCC2O. The zero-order valence-electron chi connectivity index (χ0n) is 29.7. The van der Waals surface area contributed by atoms with E-state index >= 15 is 0 Å². The molecule has 0 amide bonds. The zero-order valence-corrected chi connectivity index (χ0v) is 30.6. The largest absolute Gasteiger partial charge is 0.426 e. The van der Waals surface area contributed by atoms with E-state index in [9.17, 15) is 27.5 Å². The van der Waals surface area contributed by atoms with Crippen LogP contribution >= 0.6 is 11.8 Å². The number of carbonyl (C=O) groups is 1. The van der Waals surface area contributed by atoms with Gasteiger partial charge in [0.25, 0.3) is 0 Å². The number of hydrogen-bond donors (Lipinski definition) is 2. The van der Waals surface area contributed by atoms with Gasteiger partial charge in [0.2, 0.25) is 0 Å². The van der Waals surface area contributed by atoms with E-state index in [0.29, 0.717) is 35.2 Å². The molecule has 1 aromatic carbocycles. The van der Waals surface area contributed by atoms with Crippen molar-refractivity contribution in [3.8, 4) is 5.75 Å². The van der Waals surface area contributed by atoms with Crippen molar-refractivity contribution < 1.29 is 32.2 Å². The molecule has 3 aliphatic carbocycles. The molecule has 9 heteroatoms. The number of thioether (sulfide) groups is 1. The number of rotatable bonds is 12. The van der Waals surface area contributed by atoms with Gasteiger partial charge in [0.05, 0.1) is 12.6 Å². The first-order valence-corrected chi connectivity index (χ1v) is 18.5. The summed E-state index contributed by atoms with van der Waals surface area (Å²) >= 11 is 1.59. The molecule has 266 valence electrons. The van der Waals surface area contributed by atoms with Crippen molar-refractivity contribution in [1.29, 1.82) is 0 Å². The Hall–Kier alpha value is -1.32. The Bertz CT molecular complexity index is 1110. The Morgan fingerprint density at radius 2 is 1.74 bits per heavy atom. The lowest BCUT2D eigenvalue weighted by Gasteiger charge is -2.53. The lowest BCUT2D eigenvalue weighted by atomic mass is 9.51. The third-order valence-corrected chi connectivity index (χ3v) is 13.2. The Labute approximate surface area is 280 Å². The fourth-order valence-corrected chi connectivity index (χ4v) is 9.34. The molecule has 5 unspecified atom stereocenters. The van der Waals surface area contributed by atoms with Gasteiger partial charge in [0, 0.05) is 11.2 Å². The molecular formula is C37H61F4NO3S. The third kappa shape index (κ3) is 9.02. The highest BCUT2D eigenvalue weighted by Gasteiger charge is 2.56. The monoisotopic (exact) mass is 675 g/mol. The van der Waals surface area contributed by atoms with Crippen molar-refractivity contribution in [1.82, 2.24) is 0 Å². The molecule has 0 heterocycles. The van der Waals surface area contributed by atoms with Crippen molar-refractivity contribution in [2.45, 2.75) is 149 Å². The van der Waals surface area contributed by atoms with Crippen LogP contribution in [0.3, 0.4) is 0 Å². The van der Waals surface area contributed by atoms with Crippen LogP contribution in [0.5, 0.6) is 5.75 Å². The summed E-state index contributed by atoms with van der Waals surface area (Å²) in [6.07, 6.45) is 2.04. The standard InChI is InChI=1S/C33H49F4NO3S.2C2H6/c1-30(2,31(3,4)42-16-6-13-33(36,37)29(34)35)14-11-20-17-21-18-22(41-27(40)19-38)7-8-23(21)24-12-15-32(5)25(28(20)24)9-10-26(32)39;2*1-2/h7-8,18,20,24-26,28-29,39H,6,9-17,19,38H2,1-5H3;2*1-2H3/t20-,24?,25?,26?,28?,32?;;/m1../s1. The van der Waals surface area contributed by atoms with Gasteiger partial charge in [-0.3, -0.25) is 4.79 Å². The van der Waals surface area contributed by atoms with Crippen LogP contribution in [0.25, 0.3) is 0 Å². The lowest BCUT2D eigenvalue weighted by Crippen LogP contribution is -2.47. The summed E-state index contributed by atoms with van der Waals surface area (Å²) < 4.78 is 57.2. The van der Waals surface area contributed by atoms with E-state index in [-0.39, 0.29) is 34.6 Å². The number of aliphatic hydroxyl groups is 1. The third-order valence-electron chi connectivity index (χ3n) is 11.4. The highest BCUT2D eigenvalue weighted by Crippen LogP contribution is 2.63. The average Bonchev–Trinajstić information content (AvgIpc) is 3.33. The van der Waals surface area contributed by atoms with Gasteiger partial charge < -0.3 is 15.6 Å². The second-order valence-electron chi connectivity index (χ2n) is 14.4. The number of ether oxygens (including phenoxy) is 1. The minimum atomic E-state index is -3.93. The van der Waals surface area contributed by atoms with E-state index in [1.807, 2.05) is 39.8 Å². The first kappa shape index (κ1) is 40.9.